The zero-order valence-corrected chi connectivity index (χ0v) is 10.00. The highest BCUT2D eigenvalue weighted by molar-refractivity contribution is 6.50. The quantitative estimate of drug-likeness (QED) is 0.280. The van der Waals surface area contributed by atoms with E-state index >= 15 is 0 Å². The third-order valence-corrected chi connectivity index (χ3v) is 2.05. The molecule has 2 rings (SSSR count). The Kier molecular flexibility index (Phi) is 5.19. The zero-order chi connectivity index (χ0) is 15.2. The second kappa shape index (κ2) is 6.64. The van der Waals surface area contributed by atoms with Gasteiger partial charge in [0.2, 0.25) is 5.69 Å². The van der Waals surface area contributed by atoms with E-state index in [1.165, 1.54) is 6.07 Å². The first-order chi connectivity index (χ1) is 9.27. The average molecular weight is 288 g/mol. The molecule has 1 aromatic heterocycles. The average Bonchev–Trinajstić information content (AvgIpc) is 2.38. The normalized spacial score (nSPS) is 10.4. The summed E-state index contributed by atoms with van der Waals surface area (Å²) in [5.74, 6) is 0. The molecule has 1 aromatic carbocycles. The van der Waals surface area contributed by atoms with Crippen molar-refractivity contribution in [2.24, 2.45) is 0 Å². The molecule has 9 heteroatoms. The van der Waals surface area contributed by atoms with E-state index in [9.17, 15) is 27.4 Å². The summed E-state index contributed by atoms with van der Waals surface area (Å²) < 4.78 is 40.8. The van der Waals surface area contributed by atoms with Crippen LogP contribution in [0.2, 0.25) is 0 Å². The topological polar surface area (TPSA) is 47.0 Å². The molecule has 0 saturated heterocycles. The van der Waals surface area contributed by atoms with Gasteiger partial charge in [-0.3, -0.25) is 10.1 Å². The molecule has 0 amide bonds. The molecule has 4 nitrogen and oxygen atoms in total. The summed E-state index contributed by atoms with van der Waals surface area (Å²) in [5, 5.41) is 10.6. The van der Waals surface area contributed by atoms with Crippen molar-refractivity contribution in [2.75, 3.05) is 0 Å². The Bertz CT molecular complexity index is 572. The molecule has 2 aromatic rings. The molecule has 0 aliphatic rings. The van der Waals surface area contributed by atoms with Crippen LogP contribution >= 0.6 is 0 Å². The Morgan fingerprint density at radius 1 is 1.00 bits per heavy atom. The summed E-state index contributed by atoms with van der Waals surface area (Å²) >= 11 is 0. The lowest BCUT2D eigenvalue weighted by molar-refractivity contribution is -0.596. The summed E-state index contributed by atoms with van der Waals surface area (Å²) in [7, 11) is -6.00. The van der Waals surface area contributed by atoms with E-state index in [1.807, 2.05) is 41.2 Å². The number of halogens is 4. The van der Waals surface area contributed by atoms with Gasteiger partial charge in [0.1, 0.15) is 0 Å². The lowest BCUT2D eigenvalue weighted by Crippen LogP contribution is -2.28. The molecule has 0 bridgehead atoms. The van der Waals surface area contributed by atoms with Crippen LogP contribution in [0.5, 0.6) is 0 Å². The maximum atomic E-state index is 10.6. The molecule has 1 heterocycles. The van der Waals surface area contributed by atoms with E-state index in [2.05, 4.69) is 0 Å². The maximum absolute atomic E-state index is 10.6. The number of benzene rings is 1. The molecule has 0 unspecified atom stereocenters. The number of nitrogens with zero attached hydrogens (tertiary/aromatic N) is 2. The molecule has 0 saturated carbocycles. The molecular formula is C11H9BF4N2O2. The van der Waals surface area contributed by atoms with Crippen LogP contribution in [0.15, 0.2) is 54.9 Å². The van der Waals surface area contributed by atoms with Gasteiger partial charge in [-0.2, -0.15) is 4.57 Å². The molecule has 0 fully saturated rings. The van der Waals surface area contributed by atoms with Gasteiger partial charge in [-0.25, -0.2) is 0 Å². The number of nitro benzene ring substituents is 1. The number of non-ortho nitro benzene ring substituents is 1. The predicted octanol–water partition coefficient (Wildman–Crippen LogP) is 3.17. The predicted molar refractivity (Wildman–Crippen MR) is 64.8 cm³/mol. The molecular weight excluding hydrogens is 279 g/mol. The largest absolute Gasteiger partial charge is 0.673 e. The minimum atomic E-state index is -6.00. The van der Waals surface area contributed by atoms with Crippen molar-refractivity contribution in [3.05, 3.63) is 65.0 Å². The van der Waals surface area contributed by atoms with Crippen LogP contribution in [0.1, 0.15) is 0 Å². The van der Waals surface area contributed by atoms with Crippen molar-refractivity contribution >= 4 is 12.9 Å². The lowest BCUT2D eigenvalue weighted by atomic mass is 10.3. The Morgan fingerprint density at radius 2 is 1.55 bits per heavy atom. The second-order valence-electron chi connectivity index (χ2n) is 3.55. The van der Waals surface area contributed by atoms with E-state index < -0.39 is 12.2 Å². The van der Waals surface area contributed by atoms with Gasteiger partial charge in [0.05, 0.1) is 11.0 Å². The van der Waals surface area contributed by atoms with Crippen molar-refractivity contribution in [2.45, 2.75) is 0 Å². The molecule has 0 radical (unpaired) electrons. The Labute approximate surface area is 111 Å². The smallest absolute Gasteiger partial charge is 0.418 e. The van der Waals surface area contributed by atoms with Gasteiger partial charge >= 0.3 is 7.25 Å². The first-order valence-electron chi connectivity index (χ1n) is 5.36. The van der Waals surface area contributed by atoms with Crippen LogP contribution in [0, 0.1) is 10.1 Å². The van der Waals surface area contributed by atoms with Crippen molar-refractivity contribution in [3.8, 4) is 5.69 Å². The first-order valence-corrected chi connectivity index (χ1v) is 5.36. The van der Waals surface area contributed by atoms with Gasteiger partial charge in [-0.05, 0) is 6.07 Å². The summed E-state index contributed by atoms with van der Waals surface area (Å²) in [6, 6.07) is 12.2. The van der Waals surface area contributed by atoms with Crippen molar-refractivity contribution < 1.29 is 26.8 Å². The second-order valence-corrected chi connectivity index (χ2v) is 3.55. The van der Waals surface area contributed by atoms with Crippen molar-refractivity contribution in [1.82, 2.24) is 0 Å². The minimum absolute atomic E-state index is 0.101. The SMILES string of the molecule is F[B-](F)(F)F.O=[N+]([O-])c1cccc(-[n+]2ccccc2)c1. The van der Waals surface area contributed by atoms with Gasteiger partial charge in [-0.15, -0.1) is 0 Å². The number of hydrogen-bond donors (Lipinski definition) is 0. The van der Waals surface area contributed by atoms with E-state index in [4.69, 9.17) is 0 Å². The van der Waals surface area contributed by atoms with E-state index in [0.29, 0.717) is 0 Å². The summed E-state index contributed by atoms with van der Waals surface area (Å²) in [6.07, 6.45) is 3.69. The van der Waals surface area contributed by atoms with Crippen LogP contribution in [-0.4, -0.2) is 12.2 Å². The number of nitro groups is 1. The van der Waals surface area contributed by atoms with Crippen LogP contribution in [0.25, 0.3) is 5.69 Å². The van der Waals surface area contributed by atoms with Gasteiger partial charge in [0.15, 0.2) is 12.4 Å². The molecule has 0 aliphatic carbocycles. The highest BCUT2D eigenvalue weighted by atomic mass is 19.5. The third-order valence-electron chi connectivity index (χ3n) is 2.05. The Morgan fingerprint density at radius 3 is 2.05 bits per heavy atom. The van der Waals surface area contributed by atoms with Crippen LogP contribution < -0.4 is 4.57 Å². The Hall–Kier alpha value is -2.45. The van der Waals surface area contributed by atoms with Crippen LogP contribution in [0.3, 0.4) is 0 Å². The van der Waals surface area contributed by atoms with Gasteiger partial charge in [0, 0.05) is 24.3 Å². The van der Waals surface area contributed by atoms with Gasteiger partial charge in [-0.1, -0.05) is 6.07 Å². The summed E-state index contributed by atoms with van der Waals surface area (Å²) in [5.41, 5.74) is 0.883. The summed E-state index contributed by atoms with van der Waals surface area (Å²) in [4.78, 5) is 10.2. The third kappa shape index (κ3) is 5.94. The Balaban J connectivity index is 0.000000347. The fourth-order valence-electron chi connectivity index (χ4n) is 1.34. The monoisotopic (exact) mass is 288 g/mol. The highest BCUT2D eigenvalue weighted by Crippen LogP contribution is 2.12. The fraction of sp³-hybridized carbons (Fsp3) is 0. The van der Waals surface area contributed by atoms with E-state index in [1.54, 1.807) is 12.1 Å². The number of pyridine rings is 1. The highest BCUT2D eigenvalue weighted by Gasteiger charge is 2.20. The van der Waals surface area contributed by atoms with Crippen LogP contribution in [0.4, 0.5) is 23.0 Å². The number of hydrogen-bond acceptors (Lipinski definition) is 2. The minimum Gasteiger partial charge on any atom is -0.418 e. The first kappa shape index (κ1) is 15.6. The van der Waals surface area contributed by atoms with Crippen molar-refractivity contribution in [3.63, 3.8) is 0 Å². The number of aromatic nitrogens is 1. The maximum Gasteiger partial charge on any atom is 0.673 e. The van der Waals surface area contributed by atoms with Crippen LogP contribution in [-0.2, 0) is 0 Å². The number of rotatable bonds is 2. The van der Waals surface area contributed by atoms with E-state index in [0.717, 1.165) is 5.69 Å². The lowest BCUT2D eigenvalue weighted by Gasteiger charge is -1.94. The van der Waals surface area contributed by atoms with Gasteiger partial charge in [0.25, 0.3) is 5.69 Å². The zero-order valence-electron chi connectivity index (χ0n) is 10.00. The van der Waals surface area contributed by atoms with E-state index in [-0.39, 0.29) is 5.69 Å². The van der Waals surface area contributed by atoms with Crippen molar-refractivity contribution in [1.29, 1.82) is 0 Å². The summed E-state index contributed by atoms with van der Waals surface area (Å²) in [6.45, 7) is 0. The molecule has 0 spiro atoms. The molecule has 106 valence electrons. The fourth-order valence-corrected chi connectivity index (χ4v) is 1.34. The molecule has 0 N–H and O–H groups in total. The molecule has 0 aliphatic heterocycles. The molecule has 0 atom stereocenters. The molecule has 20 heavy (non-hydrogen) atoms. The van der Waals surface area contributed by atoms with Gasteiger partial charge < -0.3 is 17.3 Å². The standard InChI is InChI=1S/C11H9N2O2.BF4/c14-13(15)11-6-4-5-10(9-11)12-7-2-1-3-8-12;2-1(3,4)5/h1-9H;/q+1;-1.